The minimum absolute atomic E-state index is 0.0823. The molecule has 4 nitrogen and oxygen atoms in total. The predicted octanol–water partition coefficient (Wildman–Crippen LogP) is 5.10. The van der Waals surface area contributed by atoms with Gasteiger partial charge in [-0.15, -0.1) is 22.7 Å². The molecule has 0 saturated carbocycles. The summed E-state index contributed by atoms with van der Waals surface area (Å²) in [7, 11) is 0. The molecule has 0 atom stereocenters. The van der Waals surface area contributed by atoms with Gasteiger partial charge in [-0.05, 0) is 25.3 Å². The normalized spacial score (nSPS) is 10.8. The Kier molecular flexibility index (Phi) is 5.94. The highest BCUT2D eigenvalue weighted by Crippen LogP contribution is 2.25. The van der Waals surface area contributed by atoms with E-state index in [1.807, 2.05) is 17.7 Å². The number of benzene rings is 1. The number of rotatable bonds is 7. The van der Waals surface area contributed by atoms with Crippen LogP contribution in [0.1, 0.15) is 36.0 Å². The Balaban J connectivity index is 1.60. The molecule has 0 saturated heterocycles. The van der Waals surface area contributed by atoms with Crippen LogP contribution in [-0.2, 0) is 17.6 Å². The van der Waals surface area contributed by atoms with Crippen molar-refractivity contribution in [2.45, 2.75) is 39.5 Å². The second-order valence-electron chi connectivity index (χ2n) is 5.92. The molecule has 6 heteroatoms. The second-order valence-corrected chi connectivity index (χ2v) is 7.84. The van der Waals surface area contributed by atoms with Crippen LogP contribution < -0.4 is 5.32 Å². The van der Waals surface area contributed by atoms with E-state index in [1.165, 1.54) is 29.7 Å². The fourth-order valence-corrected chi connectivity index (χ4v) is 3.85. The van der Waals surface area contributed by atoms with Crippen LogP contribution in [0.3, 0.4) is 0 Å². The molecule has 0 bridgehead atoms. The minimum atomic E-state index is -0.0823. The summed E-state index contributed by atoms with van der Waals surface area (Å²) in [6.07, 6.45) is 3.82. The highest BCUT2D eigenvalue weighted by atomic mass is 32.1. The first kappa shape index (κ1) is 17.8. The molecule has 3 aromatic rings. The molecule has 1 aromatic carbocycles. The lowest BCUT2D eigenvalue weighted by Crippen LogP contribution is -2.14. The van der Waals surface area contributed by atoms with Gasteiger partial charge in [-0.1, -0.05) is 37.6 Å². The number of hydrogen-bond acceptors (Lipinski definition) is 5. The molecule has 0 aliphatic heterocycles. The van der Waals surface area contributed by atoms with Crippen LogP contribution in [0.4, 0.5) is 5.13 Å². The third kappa shape index (κ3) is 4.96. The van der Waals surface area contributed by atoms with E-state index in [2.05, 4.69) is 46.5 Å². The maximum atomic E-state index is 12.1. The Bertz CT molecular complexity index is 836. The molecule has 25 heavy (non-hydrogen) atoms. The maximum Gasteiger partial charge on any atom is 0.232 e. The Morgan fingerprint density at radius 3 is 2.60 bits per heavy atom. The summed E-state index contributed by atoms with van der Waals surface area (Å²) in [5.41, 5.74) is 4.13. The van der Waals surface area contributed by atoms with Crippen molar-refractivity contribution in [3.05, 3.63) is 51.3 Å². The van der Waals surface area contributed by atoms with E-state index in [1.54, 1.807) is 11.3 Å². The average molecular weight is 372 g/mol. The van der Waals surface area contributed by atoms with Crippen LogP contribution in [0, 0.1) is 6.92 Å². The van der Waals surface area contributed by atoms with Crippen LogP contribution in [0.2, 0.25) is 0 Å². The molecule has 0 aliphatic rings. The number of nitrogens with zero attached hydrogens (tertiary/aromatic N) is 2. The third-order valence-electron chi connectivity index (χ3n) is 3.83. The van der Waals surface area contributed by atoms with Crippen molar-refractivity contribution >= 4 is 33.7 Å². The summed E-state index contributed by atoms with van der Waals surface area (Å²) >= 11 is 3.00. The molecule has 0 radical (unpaired) electrons. The van der Waals surface area contributed by atoms with Crippen molar-refractivity contribution in [1.82, 2.24) is 9.97 Å². The van der Waals surface area contributed by atoms with E-state index in [9.17, 15) is 4.79 Å². The molecule has 130 valence electrons. The zero-order valence-corrected chi connectivity index (χ0v) is 16.0. The van der Waals surface area contributed by atoms with Crippen LogP contribution in [0.25, 0.3) is 11.3 Å². The lowest BCUT2D eigenvalue weighted by atomic mass is 10.1. The molecular weight excluding hydrogens is 350 g/mol. The quantitative estimate of drug-likeness (QED) is 0.629. The number of anilines is 1. The van der Waals surface area contributed by atoms with Gasteiger partial charge in [-0.2, -0.15) is 0 Å². The van der Waals surface area contributed by atoms with Crippen molar-refractivity contribution in [2.24, 2.45) is 0 Å². The fraction of sp³-hybridized carbons (Fsp3) is 0.316. The molecule has 2 aromatic heterocycles. The monoisotopic (exact) mass is 371 g/mol. The first-order valence-electron chi connectivity index (χ1n) is 8.39. The summed E-state index contributed by atoms with van der Waals surface area (Å²) in [6, 6.07) is 8.52. The lowest BCUT2D eigenvalue weighted by Gasteiger charge is -2.02. The van der Waals surface area contributed by atoms with E-state index >= 15 is 0 Å². The van der Waals surface area contributed by atoms with E-state index in [4.69, 9.17) is 0 Å². The van der Waals surface area contributed by atoms with Crippen molar-refractivity contribution < 1.29 is 4.79 Å². The second kappa shape index (κ2) is 8.36. The molecule has 0 aliphatic carbocycles. The number of thiazole rings is 2. The number of carbonyl (C=O) groups excluding carboxylic acids is 1. The number of aryl methyl sites for hydroxylation is 2. The number of aromatic nitrogens is 2. The maximum absolute atomic E-state index is 12.1. The van der Waals surface area contributed by atoms with Crippen LogP contribution in [0.5, 0.6) is 0 Å². The zero-order valence-electron chi connectivity index (χ0n) is 14.4. The van der Waals surface area contributed by atoms with Crippen LogP contribution in [-0.4, -0.2) is 15.9 Å². The van der Waals surface area contributed by atoms with Gasteiger partial charge in [0, 0.05) is 16.3 Å². The van der Waals surface area contributed by atoms with Gasteiger partial charge in [0.2, 0.25) is 5.91 Å². The number of nitrogens with one attached hydrogen (secondary N) is 1. The Morgan fingerprint density at radius 2 is 1.92 bits per heavy atom. The highest BCUT2D eigenvalue weighted by Gasteiger charge is 2.10. The molecule has 2 heterocycles. The standard InChI is InChI=1S/C19H21N3OS2/c1-3-4-5-14-6-8-15(9-7-14)17-12-25-19(21-17)22-18(23)10-16-11-24-13(2)20-16/h6-9,11-12H,3-5,10H2,1-2H3,(H,21,22,23). The Labute approximate surface area is 156 Å². The predicted molar refractivity (Wildman–Crippen MR) is 105 cm³/mol. The fourth-order valence-electron chi connectivity index (χ4n) is 2.50. The number of carbonyl (C=O) groups is 1. The molecule has 0 unspecified atom stereocenters. The van der Waals surface area contributed by atoms with Gasteiger partial charge in [0.25, 0.3) is 0 Å². The first-order chi connectivity index (χ1) is 12.1. The van der Waals surface area contributed by atoms with Crippen LogP contribution in [0.15, 0.2) is 35.0 Å². The van der Waals surface area contributed by atoms with Gasteiger partial charge in [0.15, 0.2) is 5.13 Å². The molecule has 0 fully saturated rings. The molecule has 1 amide bonds. The largest absolute Gasteiger partial charge is 0.302 e. The van der Waals surface area contributed by atoms with E-state index in [0.29, 0.717) is 5.13 Å². The van der Waals surface area contributed by atoms with Crippen molar-refractivity contribution in [3.8, 4) is 11.3 Å². The summed E-state index contributed by atoms with van der Waals surface area (Å²) in [6.45, 7) is 4.14. The van der Waals surface area contributed by atoms with Crippen molar-refractivity contribution in [3.63, 3.8) is 0 Å². The van der Waals surface area contributed by atoms with E-state index in [-0.39, 0.29) is 12.3 Å². The van der Waals surface area contributed by atoms with E-state index < -0.39 is 0 Å². The summed E-state index contributed by atoms with van der Waals surface area (Å²) < 4.78 is 0. The number of unbranched alkanes of at least 4 members (excludes halogenated alkanes) is 1. The number of amides is 1. The first-order valence-corrected chi connectivity index (χ1v) is 10.2. The van der Waals surface area contributed by atoms with Crippen molar-refractivity contribution in [2.75, 3.05) is 5.32 Å². The summed E-state index contributed by atoms with van der Waals surface area (Å²) in [4.78, 5) is 20.9. The average Bonchev–Trinajstić information content (AvgIpc) is 3.22. The Morgan fingerprint density at radius 1 is 1.12 bits per heavy atom. The third-order valence-corrected chi connectivity index (χ3v) is 5.41. The topological polar surface area (TPSA) is 54.9 Å². The van der Waals surface area contributed by atoms with Gasteiger partial charge in [-0.3, -0.25) is 4.79 Å². The van der Waals surface area contributed by atoms with Crippen molar-refractivity contribution in [1.29, 1.82) is 0 Å². The SMILES string of the molecule is CCCCc1ccc(-c2csc(NC(=O)Cc3csc(C)n3)n2)cc1. The molecule has 3 rings (SSSR count). The highest BCUT2D eigenvalue weighted by molar-refractivity contribution is 7.14. The van der Waals surface area contributed by atoms with Crippen LogP contribution >= 0.6 is 22.7 Å². The Hall–Kier alpha value is -2.05. The summed E-state index contributed by atoms with van der Waals surface area (Å²) in [5.74, 6) is -0.0823. The van der Waals surface area contributed by atoms with Gasteiger partial charge in [-0.25, -0.2) is 9.97 Å². The molecule has 1 N–H and O–H groups in total. The molecule has 0 spiro atoms. The zero-order chi connectivity index (χ0) is 17.6. The lowest BCUT2D eigenvalue weighted by molar-refractivity contribution is -0.115. The van der Waals surface area contributed by atoms with Gasteiger partial charge >= 0.3 is 0 Å². The van der Waals surface area contributed by atoms with Gasteiger partial charge in [0.1, 0.15) is 0 Å². The number of hydrogen-bond donors (Lipinski definition) is 1. The smallest absolute Gasteiger partial charge is 0.232 e. The van der Waals surface area contributed by atoms with Gasteiger partial charge in [0.05, 0.1) is 22.8 Å². The van der Waals surface area contributed by atoms with Gasteiger partial charge < -0.3 is 5.32 Å². The van der Waals surface area contributed by atoms with E-state index in [0.717, 1.165) is 28.4 Å². The summed E-state index contributed by atoms with van der Waals surface area (Å²) in [5, 5.41) is 8.36. The minimum Gasteiger partial charge on any atom is -0.302 e. The molecular formula is C19H21N3OS2.